The number of rotatable bonds is 4. The van der Waals surface area contributed by atoms with E-state index < -0.39 is 0 Å². The highest BCUT2D eigenvalue weighted by Gasteiger charge is 2.20. The third-order valence-electron chi connectivity index (χ3n) is 3.92. The van der Waals surface area contributed by atoms with E-state index in [0.29, 0.717) is 6.04 Å². The minimum Gasteiger partial charge on any atom is -0.372 e. The lowest BCUT2D eigenvalue weighted by atomic mass is 10.0. The zero-order chi connectivity index (χ0) is 14.5. The number of hydrogen-bond donors (Lipinski definition) is 1. The maximum absolute atomic E-state index is 5.48. The van der Waals surface area contributed by atoms with E-state index in [-0.39, 0.29) is 0 Å². The van der Waals surface area contributed by atoms with Crippen molar-refractivity contribution in [2.45, 2.75) is 25.4 Å². The van der Waals surface area contributed by atoms with Crippen LogP contribution >= 0.6 is 23.6 Å². The van der Waals surface area contributed by atoms with Gasteiger partial charge in [-0.1, -0.05) is 48.6 Å². The second kappa shape index (κ2) is 7.16. The van der Waals surface area contributed by atoms with Gasteiger partial charge in [-0.05, 0) is 29.9 Å². The summed E-state index contributed by atoms with van der Waals surface area (Å²) >= 11 is 7.18. The van der Waals surface area contributed by atoms with E-state index in [0.717, 1.165) is 24.6 Å². The molecule has 21 heavy (non-hydrogen) atoms. The lowest BCUT2D eigenvalue weighted by Crippen LogP contribution is -2.43. The Hall–Kier alpha value is -1.23. The van der Waals surface area contributed by atoms with Crippen LogP contribution in [0.15, 0.2) is 47.8 Å². The molecular formula is C17H20N2S2. The lowest BCUT2D eigenvalue weighted by molar-refractivity contribution is 0.199. The molecule has 2 nitrogen and oxygen atoms in total. The van der Waals surface area contributed by atoms with Crippen LogP contribution < -0.4 is 5.32 Å². The molecule has 0 radical (unpaired) electrons. The van der Waals surface area contributed by atoms with Crippen LogP contribution in [-0.2, 0) is 6.54 Å². The first kappa shape index (κ1) is 14.7. The molecule has 0 unspecified atom stereocenters. The Morgan fingerprint density at radius 1 is 1.14 bits per heavy atom. The van der Waals surface area contributed by atoms with Crippen LogP contribution in [0.5, 0.6) is 0 Å². The summed E-state index contributed by atoms with van der Waals surface area (Å²) in [5.41, 5.74) is 1.40. The number of thiophene rings is 1. The summed E-state index contributed by atoms with van der Waals surface area (Å²) in [7, 11) is 0. The summed E-state index contributed by atoms with van der Waals surface area (Å²) in [6.45, 7) is 3.34. The molecule has 110 valence electrons. The fourth-order valence-electron chi connectivity index (χ4n) is 2.74. The summed E-state index contributed by atoms with van der Waals surface area (Å²) < 4.78 is 0. The Balaban J connectivity index is 1.46. The van der Waals surface area contributed by atoms with Gasteiger partial charge in [-0.3, -0.25) is 4.90 Å². The monoisotopic (exact) mass is 316 g/mol. The SMILES string of the molecule is S=C(NC1CCN(Cc2ccccc2)CC1)c1cccs1. The molecule has 0 amide bonds. The second-order valence-electron chi connectivity index (χ2n) is 5.49. The predicted octanol–water partition coefficient (Wildman–Crippen LogP) is 3.68. The zero-order valence-corrected chi connectivity index (χ0v) is 13.6. The molecule has 2 heterocycles. The fraction of sp³-hybridized carbons (Fsp3) is 0.353. The van der Waals surface area contributed by atoms with Gasteiger partial charge in [0, 0.05) is 25.7 Å². The van der Waals surface area contributed by atoms with Gasteiger partial charge in [0.1, 0.15) is 4.99 Å². The molecule has 1 aliphatic rings. The number of hydrogen-bond acceptors (Lipinski definition) is 3. The zero-order valence-electron chi connectivity index (χ0n) is 12.0. The van der Waals surface area contributed by atoms with E-state index in [1.807, 2.05) is 0 Å². The predicted molar refractivity (Wildman–Crippen MR) is 93.9 cm³/mol. The number of nitrogens with zero attached hydrogens (tertiary/aromatic N) is 1. The molecule has 1 aromatic carbocycles. The van der Waals surface area contributed by atoms with E-state index in [2.05, 4.69) is 58.1 Å². The average molecular weight is 316 g/mol. The molecule has 0 aliphatic carbocycles. The van der Waals surface area contributed by atoms with Crippen molar-refractivity contribution < 1.29 is 0 Å². The van der Waals surface area contributed by atoms with Crippen molar-refractivity contribution in [3.05, 3.63) is 58.3 Å². The molecule has 1 aliphatic heterocycles. The fourth-order valence-corrected chi connectivity index (χ4v) is 3.75. The minimum atomic E-state index is 0.520. The highest BCUT2D eigenvalue weighted by atomic mass is 32.1. The van der Waals surface area contributed by atoms with E-state index in [9.17, 15) is 0 Å². The summed E-state index contributed by atoms with van der Waals surface area (Å²) in [5, 5.41) is 5.60. The van der Waals surface area contributed by atoms with Crippen LogP contribution in [0.2, 0.25) is 0 Å². The smallest absolute Gasteiger partial charge is 0.116 e. The van der Waals surface area contributed by atoms with Gasteiger partial charge < -0.3 is 5.32 Å². The van der Waals surface area contributed by atoms with Gasteiger partial charge in [0.2, 0.25) is 0 Å². The first-order valence-corrected chi connectivity index (χ1v) is 8.71. The highest BCUT2D eigenvalue weighted by Crippen LogP contribution is 2.16. The van der Waals surface area contributed by atoms with Crippen molar-refractivity contribution in [3.63, 3.8) is 0 Å². The molecular weight excluding hydrogens is 296 g/mol. The summed E-state index contributed by atoms with van der Waals surface area (Å²) in [6.07, 6.45) is 2.33. The van der Waals surface area contributed by atoms with Gasteiger partial charge in [0.15, 0.2) is 0 Å². The standard InChI is InChI=1S/C17H20N2S2/c20-17(16-7-4-12-21-16)18-15-8-10-19(11-9-15)13-14-5-2-1-3-6-14/h1-7,12,15H,8-11,13H2,(H,18,20). The van der Waals surface area contributed by atoms with Gasteiger partial charge in [-0.2, -0.15) is 0 Å². The van der Waals surface area contributed by atoms with E-state index in [1.54, 1.807) is 11.3 Å². The topological polar surface area (TPSA) is 15.3 Å². The van der Waals surface area contributed by atoms with Crippen LogP contribution in [0.3, 0.4) is 0 Å². The summed E-state index contributed by atoms with van der Waals surface area (Å²) in [5.74, 6) is 0. The van der Waals surface area contributed by atoms with Crippen molar-refractivity contribution in [2.75, 3.05) is 13.1 Å². The summed E-state index contributed by atoms with van der Waals surface area (Å²) in [6, 6.07) is 15.4. The second-order valence-corrected chi connectivity index (χ2v) is 6.84. The molecule has 1 aromatic heterocycles. The Kier molecular flexibility index (Phi) is 5.01. The minimum absolute atomic E-state index is 0.520. The third kappa shape index (κ3) is 4.13. The van der Waals surface area contributed by atoms with Gasteiger partial charge in [0.25, 0.3) is 0 Å². The number of nitrogens with one attached hydrogen (secondary N) is 1. The van der Waals surface area contributed by atoms with Crippen molar-refractivity contribution in [1.82, 2.24) is 10.2 Å². The van der Waals surface area contributed by atoms with Gasteiger partial charge in [0.05, 0.1) is 4.88 Å². The van der Waals surface area contributed by atoms with Crippen LogP contribution in [0.4, 0.5) is 0 Å². The molecule has 1 N–H and O–H groups in total. The van der Waals surface area contributed by atoms with Gasteiger partial charge in [-0.15, -0.1) is 11.3 Å². The highest BCUT2D eigenvalue weighted by molar-refractivity contribution is 7.81. The Morgan fingerprint density at radius 3 is 2.57 bits per heavy atom. The van der Waals surface area contributed by atoms with E-state index in [1.165, 1.54) is 23.3 Å². The van der Waals surface area contributed by atoms with Crippen molar-refractivity contribution in [3.8, 4) is 0 Å². The largest absolute Gasteiger partial charge is 0.372 e. The molecule has 0 atom stereocenters. The maximum atomic E-state index is 5.48. The number of likely N-dealkylation sites (tertiary alicyclic amines) is 1. The number of piperidine rings is 1. The van der Waals surface area contributed by atoms with Crippen LogP contribution in [0, 0.1) is 0 Å². The Morgan fingerprint density at radius 2 is 1.90 bits per heavy atom. The Bertz CT molecular complexity index is 558. The molecule has 0 spiro atoms. The third-order valence-corrected chi connectivity index (χ3v) is 5.27. The molecule has 0 bridgehead atoms. The molecule has 4 heteroatoms. The first-order chi connectivity index (χ1) is 10.3. The molecule has 2 aromatic rings. The summed E-state index contributed by atoms with van der Waals surface area (Å²) in [4.78, 5) is 4.62. The maximum Gasteiger partial charge on any atom is 0.116 e. The molecule has 0 saturated carbocycles. The van der Waals surface area contributed by atoms with Gasteiger partial charge >= 0.3 is 0 Å². The van der Waals surface area contributed by atoms with Crippen molar-refractivity contribution in [2.24, 2.45) is 0 Å². The van der Waals surface area contributed by atoms with Crippen LogP contribution in [0.1, 0.15) is 23.3 Å². The van der Waals surface area contributed by atoms with Crippen molar-refractivity contribution in [1.29, 1.82) is 0 Å². The Labute approximate surface area is 135 Å². The number of benzene rings is 1. The normalized spacial score (nSPS) is 16.8. The molecule has 1 saturated heterocycles. The molecule has 1 fully saturated rings. The van der Waals surface area contributed by atoms with Gasteiger partial charge in [-0.25, -0.2) is 0 Å². The van der Waals surface area contributed by atoms with Crippen molar-refractivity contribution >= 4 is 28.5 Å². The average Bonchev–Trinajstić information content (AvgIpc) is 3.05. The van der Waals surface area contributed by atoms with E-state index in [4.69, 9.17) is 12.2 Å². The quantitative estimate of drug-likeness (QED) is 0.866. The number of thiocarbonyl (C=S) groups is 1. The van der Waals surface area contributed by atoms with Crippen LogP contribution in [-0.4, -0.2) is 29.0 Å². The first-order valence-electron chi connectivity index (χ1n) is 7.42. The van der Waals surface area contributed by atoms with E-state index >= 15 is 0 Å². The van der Waals surface area contributed by atoms with Crippen LogP contribution in [0.25, 0.3) is 0 Å². The lowest BCUT2D eigenvalue weighted by Gasteiger charge is -2.32. The molecule has 3 rings (SSSR count).